The van der Waals surface area contributed by atoms with Gasteiger partial charge in [-0.25, -0.2) is 30.3 Å². The summed E-state index contributed by atoms with van der Waals surface area (Å²) in [6.07, 6.45) is 4.22. The van der Waals surface area contributed by atoms with Gasteiger partial charge in [-0.05, 0) is 161 Å². The van der Waals surface area contributed by atoms with Gasteiger partial charge in [0.1, 0.15) is 10.9 Å². The molecule has 3 saturated carbocycles. The number of halogens is 5. The van der Waals surface area contributed by atoms with Gasteiger partial charge in [-0.1, -0.05) is 49.3 Å². The quantitative estimate of drug-likeness (QED) is 0.0168. The minimum atomic E-state index is -6.19. The van der Waals surface area contributed by atoms with E-state index < -0.39 is 94.3 Å². The maximum atomic E-state index is 14.5. The zero-order chi connectivity index (χ0) is 66.4. The van der Waals surface area contributed by atoms with Crippen LogP contribution in [0.2, 0.25) is 0 Å². The second-order valence-corrected chi connectivity index (χ2v) is 31.5. The molecule has 3 saturated heterocycles. The van der Waals surface area contributed by atoms with Crippen LogP contribution in [0.1, 0.15) is 122 Å². The summed E-state index contributed by atoms with van der Waals surface area (Å²) < 4.78 is 128. The van der Waals surface area contributed by atoms with Crippen molar-refractivity contribution in [3.8, 4) is 0 Å². The number of nitrogens with one attached hydrogen (secondary N) is 4. The van der Waals surface area contributed by atoms with Gasteiger partial charge in [0.05, 0.1) is 21.7 Å². The number of sulfonamides is 1. The van der Waals surface area contributed by atoms with E-state index in [0.717, 1.165) is 66.5 Å². The molecule has 12 rings (SSSR count). The lowest BCUT2D eigenvalue weighted by Gasteiger charge is -2.72. The highest BCUT2D eigenvalue weighted by molar-refractivity contribution is 7.99. The molecule has 27 heteroatoms. The molecular formula is C66H78F5N9O10S3. The van der Waals surface area contributed by atoms with E-state index in [1.165, 1.54) is 41.1 Å². The minimum absolute atomic E-state index is 0.00465. The summed E-state index contributed by atoms with van der Waals surface area (Å²) in [7, 11) is -9.45. The van der Waals surface area contributed by atoms with Gasteiger partial charge in [0.15, 0.2) is 0 Å². The van der Waals surface area contributed by atoms with Crippen LogP contribution in [0.5, 0.6) is 0 Å². The minimum Gasteiger partial charge on any atom is -0.384 e. The Kier molecular flexibility index (Phi) is 19.4. The van der Waals surface area contributed by atoms with Crippen molar-refractivity contribution in [2.45, 2.75) is 130 Å². The Morgan fingerprint density at radius 2 is 1.51 bits per heavy atom. The number of anilines is 3. The predicted molar refractivity (Wildman–Crippen MR) is 341 cm³/mol. The number of likely N-dealkylation sites (tertiary alicyclic amines) is 1. The topological polar surface area (TPSA) is 235 Å². The SMILES string of the molecule is CN(CCCNc1cccc2c1C(=O)N(C1CCC(=O)NC1=O)C2=O)C(=O)C1CCN(CC[C@H](CSc2ccccc2)Nc2ccc(S(=O)(=O)NC(=O)c3ccc(N4CCN(CC5=C(C67CC(C(F)F)(C6)C7)CC(C)(C)CC5)CC4)cc3)cc2S(=O)(=O)C(F)(F)F)CC1. The molecule has 6 fully saturated rings. The molecule has 4 N–H and O–H groups in total. The van der Waals surface area contributed by atoms with E-state index in [2.05, 4.69) is 44.5 Å². The summed E-state index contributed by atoms with van der Waals surface area (Å²) in [5.41, 5.74) is -2.88. The molecule has 500 valence electrons. The van der Waals surface area contributed by atoms with Crippen LogP contribution in [0.3, 0.4) is 0 Å². The first-order chi connectivity index (χ1) is 44.1. The Labute approximate surface area is 543 Å². The van der Waals surface area contributed by atoms with Crippen LogP contribution in [0.15, 0.2) is 117 Å². The monoisotopic (exact) mass is 1350 g/mol. The van der Waals surface area contributed by atoms with Crippen molar-refractivity contribution in [1.29, 1.82) is 0 Å². The molecule has 4 aliphatic heterocycles. The molecule has 4 heterocycles. The van der Waals surface area contributed by atoms with Crippen LogP contribution in [-0.2, 0) is 34.2 Å². The number of carbonyl (C=O) groups is 6. The van der Waals surface area contributed by atoms with Crippen molar-refractivity contribution in [3.05, 3.63) is 119 Å². The second kappa shape index (κ2) is 26.7. The number of allylic oxidation sites excluding steroid dienone is 1. The van der Waals surface area contributed by atoms with Crippen LogP contribution in [0, 0.1) is 22.2 Å². The number of hydrogen-bond acceptors (Lipinski definition) is 16. The summed E-state index contributed by atoms with van der Waals surface area (Å²) in [5, 5.41) is 8.39. The molecule has 4 aliphatic carbocycles. The highest BCUT2D eigenvalue weighted by Crippen LogP contribution is 2.79. The van der Waals surface area contributed by atoms with E-state index >= 15 is 0 Å². The standard InChI is InChI=1S/C66H78F5N9O10S3/c1-63(2)25-21-44(50(36-63)64-39-65(40-64,41-64)62(67)68)37-78-31-33-79(34-32-78)46-15-13-42(14-16-46)57(82)75-93(89,90)48-17-18-51(54(35-48)92(87,88)66(69,70)71)73-45(38-91-47-9-5-4-6-10-47)24-30-77-28-22-43(23-29-77)59(84)76(3)27-8-26-72-52-12-7-11-49-56(52)61(86)80(60(49)85)53-19-20-55(81)74-58(53)83/h4-7,9-18,35,43,45,53,62,72-73H,8,19-34,36-41H2,1-3H3,(H,75,82)(H,74,81,83)/t45-,53?,64?,65?/m1/s1. The van der Waals surface area contributed by atoms with Crippen molar-refractivity contribution < 1.29 is 67.6 Å². The fraction of sp³-hybridized carbons (Fsp3) is 0.515. The molecule has 4 aromatic rings. The summed E-state index contributed by atoms with van der Waals surface area (Å²) in [5.74, 6) is -3.63. The number of alkyl halides is 5. The molecular weight excluding hydrogens is 1270 g/mol. The first kappa shape index (κ1) is 67.5. The van der Waals surface area contributed by atoms with Crippen LogP contribution in [0.4, 0.5) is 39.0 Å². The number of piperidine rings is 2. The molecule has 1 unspecified atom stereocenters. The summed E-state index contributed by atoms with van der Waals surface area (Å²) in [6.45, 7) is 10.3. The van der Waals surface area contributed by atoms with E-state index in [1.807, 2.05) is 35.1 Å². The van der Waals surface area contributed by atoms with Gasteiger partial charge in [-0.2, -0.15) is 13.2 Å². The fourth-order valence-corrected chi connectivity index (χ4v) is 17.6. The van der Waals surface area contributed by atoms with Crippen molar-refractivity contribution in [2.75, 3.05) is 93.8 Å². The molecule has 4 aromatic carbocycles. The number of sulfone groups is 1. The molecule has 6 amide bonds. The van der Waals surface area contributed by atoms with Gasteiger partial charge in [0, 0.05) is 111 Å². The molecule has 2 atom stereocenters. The Morgan fingerprint density at radius 3 is 2.17 bits per heavy atom. The summed E-state index contributed by atoms with van der Waals surface area (Å²) in [6, 6.07) is 20.7. The van der Waals surface area contributed by atoms with Crippen molar-refractivity contribution in [2.24, 2.45) is 22.2 Å². The van der Waals surface area contributed by atoms with Gasteiger partial charge in [0.2, 0.25) is 24.1 Å². The fourth-order valence-electron chi connectivity index (χ4n) is 14.6. The van der Waals surface area contributed by atoms with Crippen molar-refractivity contribution in [3.63, 3.8) is 0 Å². The van der Waals surface area contributed by atoms with E-state index in [-0.39, 0.29) is 57.9 Å². The maximum Gasteiger partial charge on any atom is 0.501 e. The molecule has 93 heavy (non-hydrogen) atoms. The zero-order valence-electron chi connectivity index (χ0n) is 52.2. The number of benzene rings is 4. The molecule has 19 nitrogen and oxygen atoms in total. The Balaban J connectivity index is 0.680. The average Bonchev–Trinajstić information content (AvgIpc) is 1.14. The van der Waals surface area contributed by atoms with Crippen LogP contribution in [-0.4, -0.2) is 174 Å². The number of rotatable bonds is 24. The van der Waals surface area contributed by atoms with Crippen LogP contribution < -0.4 is 25.6 Å². The van der Waals surface area contributed by atoms with E-state index in [1.54, 1.807) is 36.2 Å². The maximum absolute atomic E-state index is 14.5. The number of carbonyl (C=O) groups excluding carboxylic acids is 6. The molecule has 0 aromatic heterocycles. The Bertz CT molecular complexity index is 3800. The number of thioether (sulfide) groups is 1. The second-order valence-electron chi connectivity index (χ2n) is 26.8. The molecule has 8 aliphatic rings. The highest BCUT2D eigenvalue weighted by Gasteiger charge is 2.73. The first-order valence-corrected chi connectivity index (χ1v) is 35.6. The largest absolute Gasteiger partial charge is 0.501 e. The molecule has 2 bridgehead atoms. The van der Waals surface area contributed by atoms with Crippen molar-refractivity contribution in [1.82, 2.24) is 29.6 Å². The third-order valence-electron chi connectivity index (χ3n) is 19.8. The predicted octanol–water partition coefficient (Wildman–Crippen LogP) is 9.20. The van der Waals surface area contributed by atoms with Gasteiger partial charge in [-0.15, -0.1) is 11.8 Å². The summed E-state index contributed by atoms with van der Waals surface area (Å²) in [4.78, 5) is 86.2. The third-order valence-corrected chi connectivity index (χ3v) is 23.9. The number of piperazine rings is 1. The number of hydrogen-bond donors (Lipinski definition) is 4. The summed E-state index contributed by atoms with van der Waals surface area (Å²) >= 11 is 1.38. The van der Waals surface area contributed by atoms with E-state index in [0.29, 0.717) is 103 Å². The Hall–Kier alpha value is -6.94. The third kappa shape index (κ3) is 14.2. The van der Waals surface area contributed by atoms with Crippen LogP contribution in [0.25, 0.3) is 0 Å². The molecule has 0 spiro atoms. The lowest BCUT2D eigenvalue weighted by molar-refractivity contribution is -0.250. The lowest BCUT2D eigenvalue weighted by Crippen LogP contribution is -2.66. The zero-order valence-corrected chi connectivity index (χ0v) is 54.6. The van der Waals surface area contributed by atoms with Crippen molar-refractivity contribution >= 4 is 84.1 Å². The Morgan fingerprint density at radius 1 is 0.806 bits per heavy atom. The first-order valence-electron chi connectivity index (χ1n) is 31.7. The van der Waals surface area contributed by atoms with E-state index in [4.69, 9.17) is 0 Å². The normalized spacial score (nSPS) is 23.3. The van der Waals surface area contributed by atoms with Gasteiger partial charge < -0.3 is 25.3 Å². The molecule has 0 radical (unpaired) electrons. The van der Waals surface area contributed by atoms with Gasteiger partial charge in [-0.3, -0.25) is 43.9 Å². The number of imide groups is 2. The number of amides is 6. The highest BCUT2D eigenvalue weighted by atomic mass is 32.2. The lowest BCUT2D eigenvalue weighted by atomic mass is 9.32. The number of fused-ring (bicyclic) bond motifs is 1. The smallest absolute Gasteiger partial charge is 0.384 e. The average molecular weight is 1350 g/mol. The number of nitrogens with zero attached hydrogens (tertiary/aromatic N) is 5. The van der Waals surface area contributed by atoms with Gasteiger partial charge >= 0.3 is 5.51 Å². The van der Waals surface area contributed by atoms with Gasteiger partial charge in [0.25, 0.3) is 37.6 Å². The van der Waals surface area contributed by atoms with Crippen LogP contribution >= 0.6 is 11.8 Å². The van der Waals surface area contributed by atoms with E-state index in [9.17, 15) is 67.6 Å².